The van der Waals surface area contributed by atoms with Crippen LogP contribution in [0.1, 0.15) is 24.0 Å². The lowest BCUT2D eigenvalue weighted by atomic mass is 10.00. The molecule has 0 spiro atoms. The molecule has 0 aliphatic carbocycles. The first kappa shape index (κ1) is 27.1. The minimum atomic E-state index is -2.45. The van der Waals surface area contributed by atoms with Gasteiger partial charge < -0.3 is 30.5 Å². The van der Waals surface area contributed by atoms with Crippen LogP contribution >= 0.6 is 0 Å². The van der Waals surface area contributed by atoms with E-state index in [1.165, 1.54) is 6.07 Å². The number of likely N-dealkylation sites (tertiary alicyclic amines) is 1. The molecule has 3 heterocycles. The number of halogens is 1. The molecule has 3 aliphatic rings. The summed E-state index contributed by atoms with van der Waals surface area (Å²) in [5.41, 5.74) is -2.36. The number of ether oxygens (including phenoxy) is 1. The molecular formula is C25H29FN4O8. The molecule has 0 saturated carbocycles. The van der Waals surface area contributed by atoms with Crippen LogP contribution in [-0.2, 0) is 32.2 Å². The maximum atomic E-state index is 14.8. The van der Waals surface area contributed by atoms with Crippen molar-refractivity contribution in [2.45, 2.75) is 31.7 Å². The molecule has 38 heavy (non-hydrogen) atoms. The summed E-state index contributed by atoms with van der Waals surface area (Å²) in [5, 5.41) is 46.2. The number of carbonyl (C=O) groups is 3. The molecule has 3 aliphatic heterocycles. The number of benzene rings is 1. The van der Waals surface area contributed by atoms with Gasteiger partial charge in [-0.15, -0.1) is 0 Å². The molecule has 0 radical (unpaired) electrons. The van der Waals surface area contributed by atoms with E-state index in [2.05, 4.69) is 16.8 Å². The second-order valence-corrected chi connectivity index (χ2v) is 9.25. The molecule has 1 unspecified atom stereocenters. The third-order valence-corrected chi connectivity index (χ3v) is 6.71. The van der Waals surface area contributed by atoms with E-state index in [0.717, 1.165) is 18.7 Å². The Hall–Kier alpha value is -3.94. The average Bonchev–Trinajstić information content (AvgIpc) is 3.23. The lowest BCUT2D eigenvalue weighted by Gasteiger charge is -2.37. The Balaban J connectivity index is 1.55. The number of hydrogen-bond donors (Lipinski definition) is 6. The molecule has 1 aromatic rings. The van der Waals surface area contributed by atoms with Crippen LogP contribution in [-0.4, -0.2) is 86.5 Å². The Morgan fingerprint density at radius 3 is 2.53 bits per heavy atom. The van der Waals surface area contributed by atoms with Crippen molar-refractivity contribution in [3.63, 3.8) is 0 Å². The number of rotatable bonds is 7. The zero-order chi connectivity index (χ0) is 27.6. The van der Waals surface area contributed by atoms with Gasteiger partial charge in [0.25, 0.3) is 11.8 Å². The summed E-state index contributed by atoms with van der Waals surface area (Å²) in [7, 11) is 0. The third kappa shape index (κ3) is 5.35. The van der Waals surface area contributed by atoms with Gasteiger partial charge in [-0.05, 0) is 11.6 Å². The predicted molar refractivity (Wildman–Crippen MR) is 129 cm³/mol. The Kier molecular flexibility index (Phi) is 7.71. The van der Waals surface area contributed by atoms with E-state index in [9.17, 15) is 39.2 Å². The minimum absolute atomic E-state index is 0.203. The average molecular weight is 533 g/mol. The van der Waals surface area contributed by atoms with Gasteiger partial charge in [0.05, 0.1) is 25.3 Å². The fourth-order valence-electron chi connectivity index (χ4n) is 4.54. The largest absolute Gasteiger partial charge is 0.505 e. The second-order valence-electron chi connectivity index (χ2n) is 9.25. The van der Waals surface area contributed by atoms with Crippen LogP contribution in [0.15, 0.2) is 53.3 Å². The van der Waals surface area contributed by atoms with E-state index in [0.29, 0.717) is 24.7 Å². The SMILES string of the molecule is C=C(O)/C(O)=C1/C(=O)N(C2(O)CCC(=O)NC2=O)C/C1=C(/O)NCc1ccc(CN2CCOCC2)cc1F. The van der Waals surface area contributed by atoms with Crippen molar-refractivity contribution in [2.24, 2.45) is 0 Å². The Bertz CT molecular complexity index is 1240. The van der Waals surface area contributed by atoms with Gasteiger partial charge in [0.1, 0.15) is 5.82 Å². The molecule has 0 aromatic heterocycles. The zero-order valence-corrected chi connectivity index (χ0v) is 20.5. The van der Waals surface area contributed by atoms with Gasteiger partial charge >= 0.3 is 0 Å². The van der Waals surface area contributed by atoms with Crippen LogP contribution in [0.25, 0.3) is 0 Å². The number of aliphatic hydroxyl groups excluding tert-OH is 3. The summed E-state index contributed by atoms with van der Waals surface area (Å²) in [6.45, 7) is 5.69. The lowest BCUT2D eigenvalue weighted by molar-refractivity contribution is -0.177. The molecule has 4 rings (SSSR count). The quantitative estimate of drug-likeness (QED) is 0.164. The summed E-state index contributed by atoms with van der Waals surface area (Å²) in [6.07, 6.45) is -0.672. The van der Waals surface area contributed by atoms with E-state index in [-0.39, 0.29) is 24.1 Å². The van der Waals surface area contributed by atoms with E-state index in [1.54, 1.807) is 12.1 Å². The van der Waals surface area contributed by atoms with Crippen LogP contribution in [0, 0.1) is 5.82 Å². The highest BCUT2D eigenvalue weighted by molar-refractivity contribution is 6.08. The summed E-state index contributed by atoms with van der Waals surface area (Å²) < 4.78 is 20.1. The number of nitrogens with zero attached hydrogens (tertiary/aromatic N) is 2. The van der Waals surface area contributed by atoms with E-state index in [1.807, 2.05) is 5.32 Å². The van der Waals surface area contributed by atoms with Gasteiger partial charge in [-0.25, -0.2) is 4.39 Å². The fourth-order valence-corrected chi connectivity index (χ4v) is 4.54. The number of amides is 3. The Morgan fingerprint density at radius 1 is 1.18 bits per heavy atom. The van der Waals surface area contributed by atoms with E-state index in [4.69, 9.17) is 4.74 Å². The van der Waals surface area contributed by atoms with Crippen LogP contribution in [0.2, 0.25) is 0 Å². The predicted octanol–water partition coefficient (Wildman–Crippen LogP) is 0.368. The van der Waals surface area contributed by atoms with Gasteiger partial charge in [0, 0.05) is 50.2 Å². The molecule has 12 nitrogen and oxygen atoms in total. The van der Waals surface area contributed by atoms with Crippen LogP contribution in [0.4, 0.5) is 4.39 Å². The number of morpholine rings is 1. The number of carbonyl (C=O) groups excluding carboxylic acids is 3. The van der Waals surface area contributed by atoms with Gasteiger partial charge in [0.15, 0.2) is 17.4 Å². The van der Waals surface area contributed by atoms with Crippen molar-refractivity contribution >= 4 is 17.7 Å². The molecular weight excluding hydrogens is 503 g/mol. The van der Waals surface area contributed by atoms with Crippen molar-refractivity contribution in [2.75, 3.05) is 32.8 Å². The fraction of sp³-hybridized carbons (Fsp3) is 0.400. The number of imide groups is 1. The van der Waals surface area contributed by atoms with Crippen LogP contribution in [0.3, 0.4) is 0 Å². The van der Waals surface area contributed by atoms with Crippen molar-refractivity contribution in [3.8, 4) is 0 Å². The molecule has 13 heteroatoms. The molecule has 3 amide bonds. The van der Waals surface area contributed by atoms with Gasteiger partial charge in [0.2, 0.25) is 11.6 Å². The van der Waals surface area contributed by atoms with Crippen molar-refractivity contribution in [1.82, 2.24) is 20.4 Å². The van der Waals surface area contributed by atoms with Crippen LogP contribution < -0.4 is 10.6 Å². The van der Waals surface area contributed by atoms with Gasteiger partial charge in [-0.1, -0.05) is 18.7 Å². The molecule has 3 saturated heterocycles. The Morgan fingerprint density at radius 2 is 1.89 bits per heavy atom. The third-order valence-electron chi connectivity index (χ3n) is 6.71. The first-order valence-corrected chi connectivity index (χ1v) is 11.9. The smallest absolute Gasteiger partial charge is 0.279 e. The zero-order valence-electron chi connectivity index (χ0n) is 20.5. The summed E-state index contributed by atoms with van der Waals surface area (Å²) in [4.78, 5) is 39.8. The number of piperidine rings is 1. The summed E-state index contributed by atoms with van der Waals surface area (Å²) >= 11 is 0. The molecule has 0 bridgehead atoms. The highest BCUT2D eigenvalue weighted by atomic mass is 19.1. The monoisotopic (exact) mass is 532 g/mol. The molecule has 204 valence electrons. The highest BCUT2D eigenvalue weighted by Crippen LogP contribution is 2.35. The molecule has 6 N–H and O–H groups in total. The first-order chi connectivity index (χ1) is 18.0. The Labute approximate surface area is 217 Å². The normalized spacial score (nSPS) is 25.3. The first-order valence-electron chi connectivity index (χ1n) is 11.9. The van der Waals surface area contributed by atoms with Gasteiger partial charge in [-0.3, -0.25) is 29.5 Å². The second kappa shape index (κ2) is 10.8. The minimum Gasteiger partial charge on any atom is -0.505 e. The molecule has 3 fully saturated rings. The lowest BCUT2D eigenvalue weighted by Crippen LogP contribution is -2.63. The van der Waals surface area contributed by atoms with Crippen molar-refractivity contribution < 1.29 is 43.9 Å². The number of hydrogen-bond acceptors (Lipinski definition) is 10. The maximum Gasteiger partial charge on any atom is 0.279 e. The number of nitrogens with one attached hydrogen (secondary N) is 2. The van der Waals surface area contributed by atoms with Crippen LogP contribution in [0.5, 0.6) is 0 Å². The van der Waals surface area contributed by atoms with Gasteiger partial charge in [-0.2, -0.15) is 0 Å². The standard InChI is InChI=1S/C25H29FN4O8/c1-14(31)21(33)20-17(13-30(23(20)35)25(37)5-4-19(32)28-24(25)36)22(34)27-11-16-3-2-15(10-18(16)26)12-29-6-8-38-9-7-29/h2-3,10,27,31,33-34,37H,1,4-9,11-13H2,(H,28,32,36)/b21-20-,22-17-. The molecule has 1 atom stereocenters. The van der Waals surface area contributed by atoms with E-state index >= 15 is 0 Å². The number of aliphatic hydroxyl groups is 4. The van der Waals surface area contributed by atoms with Crippen molar-refractivity contribution in [1.29, 1.82) is 0 Å². The summed E-state index contributed by atoms with van der Waals surface area (Å²) in [6, 6.07) is 4.70. The maximum absolute atomic E-state index is 14.8. The topological polar surface area (TPSA) is 172 Å². The van der Waals surface area contributed by atoms with Crippen molar-refractivity contribution in [3.05, 3.63) is 70.3 Å². The summed E-state index contributed by atoms with van der Waals surface area (Å²) in [5.74, 6) is -5.91. The molecule has 1 aromatic carbocycles. The highest BCUT2D eigenvalue weighted by Gasteiger charge is 2.53. The van der Waals surface area contributed by atoms with E-state index < -0.39 is 65.2 Å².